The van der Waals surface area contributed by atoms with Crippen molar-refractivity contribution < 1.29 is 52.7 Å². The standard InChI is InChI=1S/C29H45NO11/c1-18(2)30-29(22(31)32,41-25(35)40-28(9,10)11)15-19-12-13-20(38-23(33)36-16-26(3,4)5)21(14-19)39-24(34)37-17-27(6,7)8/h12-14,18,30H,15-17H2,1-11H3,(H,31,32)/t29-/m0/s1. The van der Waals surface area contributed by atoms with Gasteiger partial charge in [0, 0.05) is 12.5 Å². The third-order valence-electron chi connectivity index (χ3n) is 4.61. The Morgan fingerprint density at radius 1 is 0.756 bits per heavy atom. The van der Waals surface area contributed by atoms with Crippen LogP contribution in [0.15, 0.2) is 18.2 Å². The zero-order valence-electron chi connectivity index (χ0n) is 26.0. The molecule has 0 aliphatic carbocycles. The minimum atomic E-state index is -2.26. The molecule has 232 valence electrons. The fourth-order valence-corrected chi connectivity index (χ4v) is 3.08. The fraction of sp³-hybridized carbons (Fsp3) is 0.655. The van der Waals surface area contributed by atoms with Gasteiger partial charge in [0.2, 0.25) is 0 Å². The predicted molar refractivity (Wildman–Crippen MR) is 149 cm³/mol. The summed E-state index contributed by atoms with van der Waals surface area (Å²) in [6, 6.07) is 3.58. The Balaban J connectivity index is 3.43. The number of carbonyl (C=O) groups excluding carboxylic acids is 3. The molecule has 0 bridgehead atoms. The monoisotopic (exact) mass is 583 g/mol. The van der Waals surface area contributed by atoms with Crippen molar-refractivity contribution in [2.45, 2.75) is 99.9 Å². The largest absolute Gasteiger partial charge is 0.513 e. The van der Waals surface area contributed by atoms with Crippen molar-refractivity contribution in [1.29, 1.82) is 0 Å². The van der Waals surface area contributed by atoms with Crippen LogP contribution in [0.2, 0.25) is 0 Å². The van der Waals surface area contributed by atoms with Gasteiger partial charge in [-0.15, -0.1) is 0 Å². The zero-order valence-corrected chi connectivity index (χ0v) is 26.0. The van der Waals surface area contributed by atoms with Crippen molar-refractivity contribution in [1.82, 2.24) is 5.32 Å². The van der Waals surface area contributed by atoms with Crippen LogP contribution in [-0.4, -0.2) is 60.1 Å². The van der Waals surface area contributed by atoms with Gasteiger partial charge < -0.3 is 33.5 Å². The minimum Gasteiger partial charge on any atom is -0.477 e. The third kappa shape index (κ3) is 14.1. The SMILES string of the molecule is CC(C)N[C@@](Cc1ccc(OC(=O)OCC(C)(C)C)c(OC(=O)OCC(C)(C)C)c1)(OC(=O)OC(C)(C)C)C(=O)O. The normalized spacial score (nSPS) is 13.6. The van der Waals surface area contributed by atoms with E-state index >= 15 is 0 Å². The molecule has 0 aromatic heterocycles. The van der Waals surface area contributed by atoms with Gasteiger partial charge in [0.15, 0.2) is 11.5 Å². The van der Waals surface area contributed by atoms with E-state index in [1.807, 2.05) is 41.5 Å². The number of benzene rings is 1. The van der Waals surface area contributed by atoms with Crippen LogP contribution < -0.4 is 14.8 Å². The first-order valence-corrected chi connectivity index (χ1v) is 13.3. The first kappa shape index (κ1) is 35.5. The van der Waals surface area contributed by atoms with Gasteiger partial charge in [0.1, 0.15) is 5.60 Å². The molecule has 1 aromatic rings. The van der Waals surface area contributed by atoms with Crippen LogP contribution >= 0.6 is 0 Å². The minimum absolute atomic E-state index is 0.0412. The molecule has 12 heteroatoms. The van der Waals surface area contributed by atoms with Crippen molar-refractivity contribution in [3.63, 3.8) is 0 Å². The summed E-state index contributed by atoms with van der Waals surface area (Å²) in [5.74, 6) is -1.91. The van der Waals surface area contributed by atoms with Crippen molar-refractivity contribution in [3.05, 3.63) is 23.8 Å². The molecule has 41 heavy (non-hydrogen) atoms. The van der Waals surface area contributed by atoms with Gasteiger partial charge in [-0.2, -0.15) is 0 Å². The summed E-state index contributed by atoms with van der Waals surface area (Å²) < 4.78 is 31.4. The van der Waals surface area contributed by atoms with E-state index in [1.165, 1.54) is 18.2 Å². The summed E-state index contributed by atoms with van der Waals surface area (Å²) in [4.78, 5) is 49.8. The van der Waals surface area contributed by atoms with Gasteiger partial charge >= 0.3 is 24.4 Å². The Morgan fingerprint density at radius 3 is 1.66 bits per heavy atom. The second kappa shape index (κ2) is 13.9. The molecule has 2 N–H and O–H groups in total. The maximum Gasteiger partial charge on any atom is 0.513 e. The average Bonchev–Trinajstić information content (AvgIpc) is 2.75. The van der Waals surface area contributed by atoms with Crippen LogP contribution in [0.5, 0.6) is 11.5 Å². The Bertz CT molecular complexity index is 1080. The number of carboxylic acid groups (broad SMARTS) is 1. The van der Waals surface area contributed by atoms with Crippen LogP contribution in [-0.2, 0) is 30.2 Å². The Kier molecular flexibility index (Phi) is 12.0. The Labute approximate surface area is 241 Å². The lowest BCUT2D eigenvalue weighted by atomic mass is 9.99. The summed E-state index contributed by atoms with van der Waals surface area (Å²) >= 11 is 0. The molecule has 1 rings (SSSR count). The highest BCUT2D eigenvalue weighted by atomic mass is 16.8. The lowest BCUT2D eigenvalue weighted by molar-refractivity contribution is -0.169. The summed E-state index contributed by atoms with van der Waals surface area (Å²) in [7, 11) is 0. The van der Waals surface area contributed by atoms with Crippen molar-refractivity contribution in [3.8, 4) is 11.5 Å². The smallest absolute Gasteiger partial charge is 0.477 e. The van der Waals surface area contributed by atoms with E-state index in [-0.39, 0.29) is 41.1 Å². The van der Waals surface area contributed by atoms with Gasteiger partial charge in [-0.1, -0.05) is 47.6 Å². The molecular weight excluding hydrogens is 538 g/mol. The van der Waals surface area contributed by atoms with Gasteiger partial charge in [-0.25, -0.2) is 19.2 Å². The molecule has 0 unspecified atom stereocenters. The lowest BCUT2D eigenvalue weighted by Gasteiger charge is -2.33. The van der Waals surface area contributed by atoms with E-state index < -0.39 is 48.2 Å². The van der Waals surface area contributed by atoms with E-state index in [9.17, 15) is 24.3 Å². The zero-order chi connectivity index (χ0) is 31.8. The number of ether oxygens (including phenoxy) is 6. The van der Waals surface area contributed by atoms with Crippen LogP contribution in [0, 0.1) is 10.8 Å². The Morgan fingerprint density at radius 2 is 1.24 bits per heavy atom. The van der Waals surface area contributed by atoms with Gasteiger partial charge in [0.25, 0.3) is 5.72 Å². The molecule has 0 saturated carbocycles. The maximum atomic E-state index is 12.5. The first-order chi connectivity index (χ1) is 18.5. The molecule has 0 saturated heterocycles. The number of hydrogen-bond acceptors (Lipinski definition) is 11. The van der Waals surface area contributed by atoms with E-state index in [0.717, 1.165) is 0 Å². The number of rotatable bonds is 10. The Hall–Kier alpha value is -3.54. The number of aliphatic carboxylic acids is 1. The van der Waals surface area contributed by atoms with Crippen LogP contribution in [0.1, 0.15) is 81.7 Å². The number of hydrogen-bond donors (Lipinski definition) is 2. The van der Waals surface area contributed by atoms with Crippen molar-refractivity contribution in [2.75, 3.05) is 13.2 Å². The van der Waals surface area contributed by atoms with Crippen LogP contribution in [0.3, 0.4) is 0 Å². The molecular formula is C29H45NO11. The predicted octanol–water partition coefficient (Wildman–Crippen LogP) is 6.08. The topological polar surface area (TPSA) is 156 Å². The second-order valence-electron chi connectivity index (χ2n) is 13.4. The maximum absolute atomic E-state index is 12.5. The second-order valence-corrected chi connectivity index (χ2v) is 13.4. The molecule has 0 radical (unpaired) electrons. The van der Waals surface area contributed by atoms with Gasteiger partial charge in [0.05, 0.1) is 13.2 Å². The fourth-order valence-electron chi connectivity index (χ4n) is 3.08. The first-order valence-electron chi connectivity index (χ1n) is 13.3. The van der Waals surface area contributed by atoms with E-state index in [2.05, 4.69) is 5.32 Å². The van der Waals surface area contributed by atoms with Crippen LogP contribution in [0.4, 0.5) is 14.4 Å². The van der Waals surface area contributed by atoms with E-state index in [1.54, 1.807) is 34.6 Å². The molecule has 1 atom stereocenters. The van der Waals surface area contributed by atoms with Crippen LogP contribution in [0.25, 0.3) is 0 Å². The average molecular weight is 584 g/mol. The molecule has 0 heterocycles. The molecule has 0 fully saturated rings. The molecule has 12 nitrogen and oxygen atoms in total. The van der Waals surface area contributed by atoms with Gasteiger partial charge in [-0.3, -0.25) is 5.32 Å². The molecule has 0 aliphatic heterocycles. The summed E-state index contributed by atoms with van der Waals surface area (Å²) in [5, 5.41) is 12.9. The van der Waals surface area contributed by atoms with E-state index in [0.29, 0.717) is 0 Å². The number of carbonyl (C=O) groups is 4. The molecule has 1 aromatic carbocycles. The highest BCUT2D eigenvalue weighted by Crippen LogP contribution is 2.32. The number of carboxylic acids is 1. The lowest BCUT2D eigenvalue weighted by Crippen LogP contribution is -2.59. The van der Waals surface area contributed by atoms with Gasteiger partial charge in [-0.05, 0) is 63.1 Å². The van der Waals surface area contributed by atoms with Crippen molar-refractivity contribution >= 4 is 24.4 Å². The molecule has 0 spiro atoms. The summed E-state index contributed by atoms with van der Waals surface area (Å²) in [6.45, 7) is 19.5. The molecule has 0 amide bonds. The quantitative estimate of drug-likeness (QED) is 0.142. The van der Waals surface area contributed by atoms with E-state index in [4.69, 9.17) is 28.4 Å². The number of nitrogens with one attached hydrogen (secondary N) is 1. The summed E-state index contributed by atoms with van der Waals surface area (Å²) in [6.07, 6.45) is -3.71. The molecule has 0 aliphatic rings. The highest BCUT2D eigenvalue weighted by Gasteiger charge is 2.45. The highest BCUT2D eigenvalue weighted by molar-refractivity contribution is 5.80. The summed E-state index contributed by atoms with van der Waals surface area (Å²) in [5.41, 5.74) is -3.61. The van der Waals surface area contributed by atoms with Crippen molar-refractivity contribution in [2.24, 2.45) is 10.8 Å². The third-order valence-corrected chi connectivity index (χ3v) is 4.61.